The fourth-order valence-corrected chi connectivity index (χ4v) is 2.56. The lowest BCUT2D eigenvalue weighted by atomic mass is 9.72. The third-order valence-electron chi connectivity index (χ3n) is 2.67. The van der Waals surface area contributed by atoms with Gasteiger partial charge in [0.2, 0.25) is 5.91 Å². The molecular formula is C11H11N3O3S. The van der Waals surface area contributed by atoms with Gasteiger partial charge in [-0.1, -0.05) is 25.6 Å². The molecule has 0 fully saturated rings. The minimum Gasteiger partial charge on any atom is -0.481 e. The Kier molecular flexibility index (Phi) is 4.00. The Labute approximate surface area is 108 Å². The molecule has 0 aromatic heterocycles. The van der Waals surface area contributed by atoms with Gasteiger partial charge in [-0.15, -0.1) is 0 Å². The van der Waals surface area contributed by atoms with E-state index in [0.717, 1.165) is 11.8 Å². The van der Waals surface area contributed by atoms with Gasteiger partial charge in [-0.25, -0.2) is 0 Å². The maximum absolute atomic E-state index is 11.7. The molecule has 2 N–H and O–H groups in total. The van der Waals surface area contributed by atoms with E-state index < -0.39 is 23.2 Å². The van der Waals surface area contributed by atoms with Crippen LogP contribution in [0.15, 0.2) is 10.6 Å². The van der Waals surface area contributed by atoms with Crippen molar-refractivity contribution in [3.8, 4) is 12.1 Å². The lowest BCUT2D eigenvalue weighted by Crippen LogP contribution is -2.44. The summed E-state index contributed by atoms with van der Waals surface area (Å²) in [6, 6.07) is 3.82. The highest BCUT2D eigenvalue weighted by Gasteiger charge is 2.44. The van der Waals surface area contributed by atoms with Crippen molar-refractivity contribution < 1.29 is 14.7 Å². The Morgan fingerprint density at radius 1 is 1.56 bits per heavy atom. The molecule has 0 aromatic carbocycles. The van der Waals surface area contributed by atoms with Gasteiger partial charge in [0.15, 0.2) is 0 Å². The number of hydrogen-bond acceptors (Lipinski definition) is 5. The summed E-state index contributed by atoms with van der Waals surface area (Å²) in [7, 11) is 0. The van der Waals surface area contributed by atoms with Crippen molar-refractivity contribution in [2.24, 2.45) is 11.3 Å². The van der Waals surface area contributed by atoms with Gasteiger partial charge >= 0.3 is 5.97 Å². The predicted molar refractivity (Wildman–Crippen MR) is 63.8 cm³/mol. The van der Waals surface area contributed by atoms with Crippen molar-refractivity contribution >= 4 is 23.6 Å². The topological polar surface area (TPSA) is 114 Å². The molecular weight excluding hydrogens is 254 g/mol. The maximum Gasteiger partial charge on any atom is 0.313 e. The number of amides is 1. The number of carbonyl (C=O) groups is 2. The fourth-order valence-electron chi connectivity index (χ4n) is 1.67. The van der Waals surface area contributed by atoms with E-state index in [1.165, 1.54) is 0 Å². The number of hydrogen-bond donors (Lipinski definition) is 2. The van der Waals surface area contributed by atoms with Gasteiger partial charge in [0.05, 0.1) is 28.5 Å². The summed E-state index contributed by atoms with van der Waals surface area (Å²) in [6.07, 6.45) is 0. The summed E-state index contributed by atoms with van der Waals surface area (Å²) in [6.45, 7) is 3.25. The second kappa shape index (κ2) is 5.11. The van der Waals surface area contributed by atoms with Gasteiger partial charge in [0, 0.05) is 5.41 Å². The molecule has 0 aromatic rings. The lowest BCUT2D eigenvalue weighted by molar-refractivity contribution is -0.134. The second-order valence-electron chi connectivity index (χ2n) is 4.27. The summed E-state index contributed by atoms with van der Waals surface area (Å²) < 4.78 is 0. The number of nitrogens with one attached hydrogen (secondary N) is 1. The number of carboxylic acids is 1. The molecule has 7 heteroatoms. The molecule has 0 saturated heterocycles. The first-order valence-corrected chi connectivity index (χ1v) is 6.03. The maximum atomic E-state index is 11.7. The predicted octanol–water partition coefficient (Wildman–Crippen LogP) is 0.835. The van der Waals surface area contributed by atoms with Crippen molar-refractivity contribution in [1.82, 2.24) is 5.32 Å². The van der Waals surface area contributed by atoms with Gasteiger partial charge in [-0.3, -0.25) is 9.59 Å². The van der Waals surface area contributed by atoms with Crippen LogP contribution in [0.1, 0.15) is 13.8 Å². The molecule has 1 atom stereocenters. The monoisotopic (exact) mass is 265 g/mol. The number of thioether (sulfide) groups is 1. The molecule has 94 valence electrons. The van der Waals surface area contributed by atoms with E-state index in [1.54, 1.807) is 13.8 Å². The van der Waals surface area contributed by atoms with E-state index in [9.17, 15) is 9.59 Å². The average Bonchev–Trinajstić information content (AvgIpc) is 2.25. The number of rotatable bonds is 3. The summed E-state index contributed by atoms with van der Waals surface area (Å²) in [5.41, 5.74) is -0.688. The summed E-state index contributed by atoms with van der Waals surface area (Å²) in [4.78, 5) is 22.2. The van der Waals surface area contributed by atoms with Crippen LogP contribution in [0.4, 0.5) is 0 Å². The summed E-state index contributed by atoms with van der Waals surface area (Å²) in [5, 5.41) is 29.4. The standard InChI is InChI=1S/C11H11N3O3S/c1-11(2)6(3-12)9(17)14-10(7(11)4-13)18-5-8(15)16/h6H,5H2,1-2H3,(H,14,17)(H,15,16)/t6-/m0/s1. The van der Waals surface area contributed by atoms with Crippen molar-refractivity contribution in [3.05, 3.63) is 10.6 Å². The van der Waals surface area contributed by atoms with Crippen molar-refractivity contribution in [2.45, 2.75) is 13.8 Å². The molecule has 0 bridgehead atoms. The van der Waals surface area contributed by atoms with Crippen LogP contribution in [0.25, 0.3) is 0 Å². The first kappa shape index (κ1) is 14.1. The molecule has 0 saturated carbocycles. The molecule has 0 unspecified atom stereocenters. The van der Waals surface area contributed by atoms with Crippen molar-refractivity contribution in [1.29, 1.82) is 10.5 Å². The van der Waals surface area contributed by atoms with E-state index in [1.807, 2.05) is 12.1 Å². The Morgan fingerprint density at radius 2 is 2.17 bits per heavy atom. The average molecular weight is 265 g/mol. The minimum absolute atomic E-state index is 0.224. The van der Waals surface area contributed by atoms with Gasteiger partial charge in [-0.2, -0.15) is 10.5 Å². The fraction of sp³-hybridized carbons (Fsp3) is 0.455. The van der Waals surface area contributed by atoms with Crippen LogP contribution >= 0.6 is 11.8 Å². The van der Waals surface area contributed by atoms with Gasteiger partial charge in [0.1, 0.15) is 5.92 Å². The Bertz CT molecular complexity index is 511. The van der Waals surface area contributed by atoms with Gasteiger partial charge in [-0.05, 0) is 0 Å². The van der Waals surface area contributed by atoms with Crippen LogP contribution in [0, 0.1) is 34.0 Å². The molecule has 1 aliphatic heterocycles. The highest BCUT2D eigenvalue weighted by molar-refractivity contribution is 8.03. The van der Waals surface area contributed by atoms with Gasteiger partial charge < -0.3 is 10.4 Å². The molecule has 0 radical (unpaired) electrons. The summed E-state index contributed by atoms with van der Waals surface area (Å²) >= 11 is 0.873. The van der Waals surface area contributed by atoms with Crippen LogP contribution in [-0.2, 0) is 9.59 Å². The number of carbonyl (C=O) groups excluding carboxylic acids is 1. The van der Waals surface area contributed by atoms with Crippen LogP contribution in [0.3, 0.4) is 0 Å². The zero-order valence-corrected chi connectivity index (χ0v) is 10.7. The highest BCUT2D eigenvalue weighted by atomic mass is 32.2. The van der Waals surface area contributed by atoms with E-state index in [0.29, 0.717) is 0 Å². The highest BCUT2D eigenvalue weighted by Crippen LogP contribution is 2.41. The molecule has 0 aliphatic carbocycles. The van der Waals surface area contributed by atoms with Crippen molar-refractivity contribution in [3.63, 3.8) is 0 Å². The first-order chi connectivity index (χ1) is 8.34. The number of nitriles is 2. The Hall–Kier alpha value is -1.99. The smallest absolute Gasteiger partial charge is 0.313 e. The Balaban J connectivity index is 3.18. The normalized spacial score (nSPS) is 21.8. The molecule has 6 nitrogen and oxygen atoms in total. The summed E-state index contributed by atoms with van der Waals surface area (Å²) in [5.74, 6) is -2.76. The quantitative estimate of drug-likeness (QED) is 0.781. The van der Waals surface area contributed by atoms with Crippen LogP contribution in [0.2, 0.25) is 0 Å². The first-order valence-electron chi connectivity index (χ1n) is 5.04. The molecule has 1 amide bonds. The lowest BCUT2D eigenvalue weighted by Gasteiger charge is -2.34. The van der Waals surface area contributed by atoms with Crippen LogP contribution < -0.4 is 5.32 Å². The third kappa shape index (κ3) is 2.47. The zero-order valence-electron chi connectivity index (χ0n) is 9.85. The number of aliphatic carboxylic acids is 1. The second-order valence-corrected chi connectivity index (χ2v) is 5.26. The number of nitrogens with zero attached hydrogens (tertiary/aromatic N) is 2. The van der Waals surface area contributed by atoms with E-state index in [2.05, 4.69) is 5.32 Å². The van der Waals surface area contributed by atoms with Gasteiger partial charge in [0.25, 0.3) is 0 Å². The van der Waals surface area contributed by atoms with Crippen molar-refractivity contribution in [2.75, 3.05) is 5.75 Å². The molecule has 0 spiro atoms. The Morgan fingerprint density at radius 3 is 2.61 bits per heavy atom. The van der Waals surface area contributed by atoms with E-state index in [4.69, 9.17) is 15.6 Å². The zero-order chi connectivity index (χ0) is 13.9. The molecule has 1 aliphatic rings. The number of carboxylic acid groups (broad SMARTS) is 1. The third-order valence-corrected chi connectivity index (χ3v) is 3.66. The van der Waals surface area contributed by atoms with Crippen LogP contribution in [0.5, 0.6) is 0 Å². The van der Waals surface area contributed by atoms with E-state index in [-0.39, 0.29) is 16.4 Å². The van der Waals surface area contributed by atoms with Crippen LogP contribution in [-0.4, -0.2) is 22.7 Å². The molecule has 1 rings (SSSR count). The number of allylic oxidation sites excluding steroid dienone is 1. The minimum atomic E-state index is -1.04. The molecule has 18 heavy (non-hydrogen) atoms. The molecule has 1 heterocycles. The van der Waals surface area contributed by atoms with E-state index >= 15 is 0 Å². The largest absolute Gasteiger partial charge is 0.481 e. The SMILES string of the molecule is CC1(C)C(C#N)=C(SCC(=O)O)NC(=O)[C@@H]1C#N.